The molecule has 8 nitrogen and oxygen atoms in total. The molecule has 0 spiro atoms. The largest absolute Gasteiger partial charge is 0.368 e. The van der Waals surface area contributed by atoms with E-state index in [2.05, 4.69) is 15.0 Å². The van der Waals surface area contributed by atoms with Gasteiger partial charge in [-0.2, -0.15) is 15.0 Å². The summed E-state index contributed by atoms with van der Waals surface area (Å²) in [7, 11) is 0. The van der Waals surface area contributed by atoms with Crippen LogP contribution in [0.2, 0.25) is 0 Å². The molecule has 22 heavy (non-hydrogen) atoms. The van der Waals surface area contributed by atoms with Crippen molar-refractivity contribution in [2.45, 2.75) is 26.4 Å². The Bertz CT molecular complexity index is 860. The molecule has 4 N–H and O–H groups in total. The maximum absolute atomic E-state index is 12.6. The fourth-order valence-corrected chi connectivity index (χ4v) is 2.53. The van der Waals surface area contributed by atoms with Crippen LogP contribution in [0.1, 0.15) is 19.2 Å². The highest BCUT2D eigenvalue weighted by molar-refractivity contribution is 5.76. The Morgan fingerprint density at radius 2 is 1.59 bits per heavy atom. The standard InChI is InChI=1S/C14H17N7O/c1-2-7-20-9-5-3-4-6-10(9)21(14(20)22)8-11-17-12(15)19-13(16)18-11/h3-6H,2,7-8H2,1H3,(H4,15,16,17,18,19). The fourth-order valence-electron chi connectivity index (χ4n) is 2.53. The monoisotopic (exact) mass is 299 g/mol. The first-order chi connectivity index (χ1) is 10.6. The SMILES string of the molecule is CCCn1c(=O)n(Cc2nc(N)nc(N)n2)c2ccccc21. The van der Waals surface area contributed by atoms with Gasteiger partial charge in [-0.05, 0) is 18.6 Å². The van der Waals surface area contributed by atoms with Crippen molar-refractivity contribution in [2.75, 3.05) is 11.5 Å². The number of hydrogen-bond acceptors (Lipinski definition) is 6. The van der Waals surface area contributed by atoms with Gasteiger partial charge in [0.05, 0.1) is 17.6 Å². The van der Waals surface area contributed by atoms with Gasteiger partial charge in [0, 0.05) is 6.54 Å². The van der Waals surface area contributed by atoms with Crippen LogP contribution in [0, 0.1) is 0 Å². The molecule has 0 aliphatic heterocycles. The number of nitrogen functional groups attached to an aromatic ring is 2. The molecule has 0 radical (unpaired) electrons. The van der Waals surface area contributed by atoms with Gasteiger partial charge in [0.25, 0.3) is 0 Å². The normalized spacial score (nSPS) is 11.1. The number of benzene rings is 1. The summed E-state index contributed by atoms with van der Waals surface area (Å²) in [6.07, 6.45) is 0.875. The Morgan fingerprint density at radius 3 is 2.18 bits per heavy atom. The van der Waals surface area contributed by atoms with Gasteiger partial charge in [-0.15, -0.1) is 0 Å². The Kier molecular flexibility index (Phi) is 3.50. The number of rotatable bonds is 4. The van der Waals surface area contributed by atoms with Crippen molar-refractivity contribution < 1.29 is 0 Å². The summed E-state index contributed by atoms with van der Waals surface area (Å²) in [4.78, 5) is 24.5. The molecule has 0 amide bonds. The second-order valence-corrected chi connectivity index (χ2v) is 4.98. The van der Waals surface area contributed by atoms with E-state index in [1.165, 1.54) is 0 Å². The van der Waals surface area contributed by atoms with E-state index in [4.69, 9.17) is 11.5 Å². The third kappa shape index (κ3) is 2.39. The second kappa shape index (κ2) is 5.47. The van der Waals surface area contributed by atoms with Crippen LogP contribution in [-0.2, 0) is 13.1 Å². The van der Waals surface area contributed by atoms with E-state index in [0.29, 0.717) is 12.4 Å². The number of fused-ring (bicyclic) bond motifs is 1. The van der Waals surface area contributed by atoms with Crippen LogP contribution < -0.4 is 17.2 Å². The molecule has 0 saturated heterocycles. The van der Waals surface area contributed by atoms with Gasteiger partial charge in [0.1, 0.15) is 0 Å². The number of aryl methyl sites for hydroxylation is 1. The van der Waals surface area contributed by atoms with Crippen molar-refractivity contribution in [3.63, 3.8) is 0 Å². The summed E-state index contributed by atoms with van der Waals surface area (Å²) < 4.78 is 3.38. The van der Waals surface area contributed by atoms with Gasteiger partial charge in [-0.1, -0.05) is 19.1 Å². The van der Waals surface area contributed by atoms with Crippen molar-refractivity contribution in [3.8, 4) is 0 Å². The minimum absolute atomic E-state index is 0.0489. The summed E-state index contributed by atoms with van der Waals surface area (Å²) in [6, 6.07) is 7.64. The number of aromatic nitrogens is 5. The summed E-state index contributed by atoms with van der Waals surface area (Å²) in [5.41, 5.74) is 12.8. The van der Waals surface area contributed by atoms with E-state index >= 15 is 0 Å². The first-order valence-electron chi connectivity index (χ1n) is 7.04. The van der Waals surface area contributed by atoms with Crippen molar-refractivity contribution in [1.82, 2.24) is 24.1 Å². The predicted octanol–water partition coefficient (Wildman–Crippen LogP) is 0.611. The van der Waals surface area contributed by atoms with Crippen LogP contribution >= 0.6 is 0 Å². The van der Waals surface area contributed by atoms with Crippen LogP contribution in [0.25, 0.3) is 11.0 Å². The first kappa shape index (κ1) is 14.1. The summed E-state index contributed by atoms with van der Waals surface area (Å²) in [5, 5.41) is 0. The molecule has 2 aromatic heterocycles. The molecule has 0 aliphatic carbocycles. The summed E-state index contributed by atoms with van der Waals surface area (Å²) in [6.45, 7) is 2.90. The average Bonchev–Trinajstić information content (AvgIpc) is 2.73. The van der Waals surface area contributed by atoms with Crippen molar-refractivity contribution >= 4 is 22.9 Å². The van der Waals surface area contributed by atoms with Crippen molar-refractivity contribution in [3.05, 3.63) is 40.6 Å². The number of imidazole rings is 1. The Labute approximate surface area is 126 Å². The summed E-state index contributed by atoms with van der Waals surface area (Å²) >= 11 is 0. The molecule has 3 rings (SSSR count). The lowest BCUT2D eigenvalue weighted by Crippen LogP contribution is -2.25. The van der Waals surface area contributed by atoms with E-state index in [0.717, 1.165) is 17.5 Å². The molecule has 1 aromatic carbocycles. The number of hydrogen-bond donors (Lipinski definition) is 2. The zero-order valence-electron chi connectivity index (χ0n) is 12.2. The van der Waals surface area contributed by atoms with Gasteiger partial charge in [0.15, 0.2) is 5.82 Å². The molecule has 114 valence electrons. The van der Waals surface area contributed by atoms with E-state index in [9.17, 15) is 4.79 Å². The number of nitrogens with zero attached hydrogens (tertiary/aromatic N) is 5. The van der Waals surface area contributed by atoms with Gasteiger partial charge in [0.2, 0.25) is 11.9 Å². The van der Waals surface area contributed by atoms with Crippen LogP contribution in [0.3, 0.4) is 0 Å². The third-order valence-corrected chi connectivity index (χ3v) is 3.39. The molecule has 3 aromatic rings. The molecule has 0 saturated carbocycles. The maximum atomic E-state index is 12.6. The van der Waals surface area contributed by atoms with Gasteiger partial charge in [-0.25, -0.2) is 4.79 Å². The van der Waals surface area contributed by atoms with Gasteiger partial charge < -0.3 is 11.5 Å². The Hall–Kier alpha value is -2.90. The zero-order valence-corrected chi connectivity index (χ0v) is 12.2. The minimum Gasteiger partial charge on any atom is -0.368 e. The molecule has 0 bridgehead atoms. The maximum Gasteiger partial charge on any atom is 0.329 e. The molecular weight excluding hydrogens is 282 g/mol. The van der Waals surface area contributed by atoms with Crippen molar-refractivity contribution in [1.29, 1.82) is 0 Å². The van der Waals surface area contributed by atoms with Crippen LogP contribution in [0.4, 0.5) is 11.9 Å². The third-order valence-electron chi connectivity index (χ3n) is 3.39. The molecular formula is C14H17N7O. The topological polar surface area (TPSA) is 118 Å². The van der Waals surface area contributed by atoms with Crippen LogP contribution in [-0.4, -0.2) is 24.1 Å². The highest BCUT2D eigenvalue weighted by Gasteiger charge is 2.14. The quantitative estimate of drug-likeness (QED) is 0.728. The Balaban J connectivity index is 2.14. The molecule has 0 atom stereocenters. The predicted molar refractivity (Wildman–Crippen MR) is 84.2 cm³/mol. The first-order valence-corrected chi connectivity index (χ1v) is 7.04. The molecule has 0 fully saturated rings. The van der Waals surface area contributed by atoms with E-state index in [-0.39, 0.29) is 24.1 Å². The molecule has 0 aliphatic rings. The fraction of sp³-hybridized carbons (Fsp3) is 0.286. The highest BCUT2D eigenvalue weighted by atomic mass is 16.1. The Morgan fingerprint density at radius 1 is 1.00 bits per heavy atom. The lowest BCUT2D eigenvalue weighted by Gasteiger charge is -2.03. The van der Waals surface area contributed by atoms with Crippen molar-refractivity contribution in [2.24, 2.45) is 0 Å². The average molecular weight is 299 g/mol. The van der Waals surface area contributed by atoms with E-state index < -0.39 is 0 Å². The lowest BCUT2D eigenvalue weighted by molar-refractivity contribution is 0.629. The molecule has 0 unspecified atom stereocenters. The molecule has 2 heterocycles. The number of anilines is 2. The minimum atomic E-state index is -0.0967. The summed E-state index contributed by atoms with van der Waals surface area (Å²) in [5.74, 6) is 0.465. The second-order valence-electron chi connectivity index (χ2n) is 4.98. The molecule has 8 heteroatoms. The number of nitrogens with two attached hydrogens (primary N) is 2. The lowest BCUT2D eigenvalue weighted by atomic mass is 10.3. The highest BCUT2D eigenvalue weighted by Crippen LogP contribution is 2.14. The zero-order chi connectivity index (χ0) is 15.7. The van der Waals surface area contributed by atoms with E-state index in [1.807, 2.05) is 31.2 Å². The van der Waals surface area contributed by atoms with Gasteiger partial charge in [-0.3, -0.25) is 9.13 Å². The van der Waals surface area contributed by atoms with Crippen LogP contribution in [0.15, 0.2) is 29.1 Å². The van der Waals surface area contributed by atoms with Gasteiger partial charge >= 0.3 is 5.69 Å². The number of para-hydroxylation sites is 2. The van der Waals surface area contributed by atoms with Crippen LogP contribution in [0.5, 0.6) is 0 Å². The van der Waals surface area contributed by atoms with E-state index in [1.54, 1.807) is 9.13 Å². The smallest absolute Gasteiger partial charge is 0.329 e.